The normalized spacial score (nSPS) is 16.2. The molecule has 1 amide bonds. The topological polar surface area (TPSA) is 155 Å². The van der Waals surface area contributed by atoms with Crippen LogP contribution in [0.3, 0.4) is 0 Å². The van der Waals surface area contributed by atoms with Gasteiger partial charge in [-0.05, 0) is 55.5 Å². The zero-order valence-corrected chi connectivity index (χ0v) is 25.8. The van der Waals surface area contributed by atoms with Gasteiger partial charge in [0.2, 0.25) is 6.41 Å². The molecule has 0 fully saturated rings. The molecule has 2 aliphatic rings. The summed E-state index contributed by atoms with van der Waals surface area (Å²) < 4.78 is 16.0. The first kappa shape index (κ1) is 35.1. The first-order valence-electron chi connectivity index (χ1n) is 13.4. The Labute approximate surface area is 257 Å². The molecule has 0 bridgehead atoms. The van der Waals surface area contributed by atoms with E-state index in [9.17, 15) is 19.7 Å². The van der Waals surface area contributed by atoms with Crippen molar-refractivity contribution in [2.45, 2.75) is 39.2 Å². The Balaban J connectivity index is 0.00000323. The molecule has 0 saturated heterocycles. The van der Waals surface area contributed by atoms with Crippen LogP contribution < -0.4 is 14.8 Å². The highest BCUT2D eigenvalue weighted by molar-refractivity contribution is 5.92. The molecule has 3 N–H and O–H groups in total. The van der Waals surface area contributed by atoms with Crippen LogP contribution in [0.2, 0.25) is 0 Å². The number of ether oxygens (including phenoxy) is 3. The maximum atomic E-state index is 12.9. The van der Waals surface area contributed by atoms with Crippen molar-refractivity contribution in [2.24, 2.45) is 0 Å². The number of carbonyl (C=O) groups is 2. The van der Waals surface area contributed by atoms with Gasteiger partial charge in [0, 0.05) is 49.7 Å². The van der Waals surface area contributed by atoms with Crippen molar-refractivity contribution < 1.29 is 34.2 Å². The summed E-state index contributed by atoms with van der Waals surface area (Å²) in [6.45, 7) is 6.45. The number of hydrogen-bond acceptors (Lipinski definition) is 9. The number of esters is 1. The van der Waals surface area contributed by atoms with Crippen LogP contribution in [-0.2, 0) is 27.3 Å². The average Bonchev–Trinajstić information content (AvgIpc) is 2.98. The lowest BCUT2D eigenvalue weighted by atomic mass is 9.83. The molecular weight excluding hydrogens is 580 g/mol. The molecule has 0 aromatic heterocycles. The number of nitro groups is 1. The van der Waals surface area contributed by atoms with Gasteiger partial charge in [0.1, 0.15) is 0 Å². The second-order valence-electron chi connectivity index (χ2n) is 10.1. The molecule has 13 heteroatoms. The molecule has 12 nitrogen and oxygen atoms in total. The fourth-order valence-electron chi connectivity index (χ4n) is 5.68. The fourth-order valence-corrected chi connectivity index (χ4v) is 5.68. The van der Waals surface area contributed by atoms with E-state index in [4.69, 9.17) is 14.2 Å². The lowest BCUT2D eigenvalue weighted by Crippen LogP contribution is -2.38. The monoisotopic (exact) mass is 618 g/mol. The fraction of sp³-hybridized carbons (Fsp3) is 0.400. The van der Waals surface area contributed by atoms with E-state index in [2.05, 4.69) is 10.2 Å². The molecule has 0 aliphatic carbocycles. The van der Waals surface area contributed by atoms with Crippen LogP contribution >= 0.6 is 12.4 Å². The molecule has 2 aromatic rings. The average molecular weight is 619 g/mol. The van der Waals surface area contributed by atoms with Gasteiger partial charge in [-0.1, -0.05) is 12.1 Å². The Bertz CT molecular complexity index is 1390. The number of nitrogens with zero attached hydrogens (tertiary/aromatic N) is 3. The molecule has 1 atom stereocenters. The lowest BCUT2D eigenvalue weighted by Gasteiger charge is -2.36. The summed E-state index contributed by atoms with van der Waals surface area (Å²) in [6, 6.07) is 10.1. The molecule has 43 heavy (non-hydrogen) atoms. The quantitative estimate of drug-likeness (QED) is 0.172. The van der Waals surface area contributed by atoms with Crippen molar-refractivity contribution >= 4 is 30.5 Å². The zero-order valence-electron chi connectivity index (χ0n) is 25.0. The lowest BCUT2D eigenvalue weighted by molar-refractivity contribution is -0.384. The van der Waals surface area contributed by atoms with E-state index in [0.29, 0.717) is 41.2 Å². The number of amides is 1. The summed E-state index contributed by atoms with van der Waals surface area (Å²) in [5.74, 6) is 0.256. The Morgan fingerprint density at radius 3 is 2.28 bits per heavy atom. The summed E-state index contributed by atoms with van der Waals surface area (Å²) in [5.41, 5.74) is 5.31. The maximum Gasteiger partial charge on any atom is 0.336 e. The maximum absolute atomic E-state index is 12.9. The molecule has 4 rings (SSSR count). The number of allylic oxidation sites excluding steroid dienone is 3. The highest BCUT2D eigenvalue weighted by atomic mass is 35.5. The van der Waals surface area contributed by atoms with Crippen LogP contribution in [0, 0.1) is 10.1 Å². The molecule has 2 heterocycles. The van der Waals surface area contributed by atoms with E-state index in [1.165, 1.54) is 30.4 Å². The van der Waals surface area contributed by atoms with E-state index in [-0.39, 0.29) is 23.6 Å². The highest BCUT2D eigenvalue weighted by Gasteiger charge is 2.36. The van der Waals surface area contributed by atoms with Gasteiger partial charge in [0.05, 0.1) is 43.4 Å². The Morgan fingerprint density at radius 2 is 1.72 bits per heavy atom. The van der Waals surface area contributed by atoms with Gasteiger partial charge >= 0.3 is 5.97 Å². The SMILES string of the molecule is COC(=O)C1=C(C)NC(C)=C(N(C=O)CCCN2CCc3cc(OC)c(OC)cc3C2)C1c1ccc([N+](=O)[O-])cc1.Cl.O. The summed E-state index contributed by atoms with van der Waals surface area (Å²) in [6.07, 6.45) is 2.36. The van der Waals surface area contributed by atoms with E-state index >= 15 is 0 Å². The molecule has 234 valence electrons. The minimum absolute atomic E-state index is 0. The van der Waals surface area contributed by atoms with Crippen molar-refractivity contribution in [3.8, 4) is 11.5 Å². The number of non-ortho nitro benzene ring substituents is 1. The second kappa shape index (κ2) is 15.4. The molecule has 0 spiro atoms. The van der Waals surface area contributed by atoms with Crippen LogP contribution in [0.15, 0.2) is 59.1 Å². The molecule has 1 unspecified atom stereocenters. The smallest absolute Gasteiger partial charge is 0.336 e. The number of halogens is 1. The van der Waals surface area contributed by atoms with Gasteiger partial charge in [-0.2, -0.15) is 0 Å². The number of rotatable bonds is 11. The third-order valence-electron chi connectivity index (χ3n) is 7.68. The van der Waals surface area contributed by atoms with Gasteiger partial charge in [0.15, 0.2) is 11.5 Å². The number of carbonyl (C=O) groups excluding carboxylic acids is 2. The molecule has 0 radical (unpaired) electrons. The predicted octanol–water partition coefficient (Wildman–Crippen LogP) is 3.48. The third-order valence-corrected chi connectivity index (χ3v) is 7.68. The van der Waals surface area contributed by atoms with E-state index in [1.54, 1.807) is 38.2 Å². The predicted molar refractivity (Wildman–Crippen MR) is 163 cm³/mol. The van der Waals surface area contributed by atoms with Crippen LogP contribution in [0.5, 0.6) is 11.5 Å². The zero-order chi connectivity index (χ0) is 29.7. The van der Waals surface area contributed by atoms with Gasteiger partial charge < -0.3 is 29.9 Å². The molecule has 0 saturated carbocycles. The highest BCUT2D eigenvalue weighted by Crippen LogP contribution is 2.40. The third kappa shape index (κ3) is 7.45. The van der Waals surface area contributed by atoms with Gasteiger partial charge in [-0.25, -0.2) is 4.79 Å². The summed E-state index contributed by atoms with van der Waals surface area (Å²) in [7, 11) is 4.57. The summed E-state index contributed by atoms with van der Waals surface area (Å²) in [4.78, 5) is 40.1. The van der Waals surface area contributed by atoms with Crippen molar-refractivity contribution in [1.29, 1.82) is 0 Å². The van der Waals surface area contributed by atoms with Gasteiger partial charge in [-0.15, -0.1) is 12.4 Å². The van der Waals surface area contributed by atoms with E-state index < -0.39 is 16.8 Å². The number of hydrogen-bond donors (Lipinski definition) is 1. The second-order valence-corrected chi connectivity index (χ2v) is 10.1. The Hall–Kier alpha value is -4.13. The Morgan fingerprint density at radius 1 is 1.09 bits per heavy atom. The molecule has 2 aliphatic heterocycles. The number of benzene rings is 2. The minimum atomic E-state index is -0.640. The molecule has 2 aromatic carbocycles. The van der Waals surface area contributed by atoms with Gasteiger partial charge in [-0.3, -0.25) is 19.8 Å². The van der Waals surface area contributed by atoms with Crippen molar-refractivity contribution in [3.63, 3.8) is 0 Å². The number of methoxy groups -OCH3 is 3. The van der Waals surface area contributed by atoms with Crippen LogP contribution in [0.1, 0.15) is 42.9 Å². The number of dihydropyridines is 1. The summed E-state index contributed by atoms with van der Waals surface area (Å²) in [5, 5.41) is 14.5. The Kier molecular flexibility index (Phi) is 12.5. The number of fused-ring (bicyclic) bond motifs is 1. The first-order chi connectivity index (χ1) is 19.7. The van der Waals surface area contributed by atoms with E-state index in [0.717, 1.165) is 43.9 Å². The van der Waals surface area contributed by atoms with Crippen LogP contribution in [-0.4, -0.2) is 73.5 Å². The number of nitrogens with one attached hydrogen (secondary N) is 1. The van der Waals surface area contributed by atoms with E-state index in [1.807, 2.05) is 19.1 Å². The van der Waals surface area contributed by atoms with Crippen LogP contribution in [0.4, 0.5) is 5.69 Å². The standard InChI is InChI=1S/C30H36N4O7.ClH.H2O/c1-19-27(30(36)41-5)28(21-7-9-24(10-8-21)34(37)38)29(20(2)31-19)33(18-35)13-6-12-32-14-11-22-15-25(39-3)26(40-4)16-23(22)17-32;;/h7-10,15-16,18,28,31H,6,11-14,17H2,1-5H3;1H;1H2. The first-order valence-corrected chi connectivity index (χ1v) is 13.4. The van der Waals surface area contributed by atoms with Crippen molar-refractivity contribution in [2.75, 3.05) is 41.0 Å². The molecular formula is C30H39ClN4O8. The minimum Gasteiger partial charge on any atom is -0.493 e. The van der Waals surface area contributed by atoms with Crippen LogP contribution in [0.25, 0.3) is 0 Å². The van der Waals surface area contributed by atoms with Crippen molar-refractivity contribution in [3.05, 3.63) is 85.9 Å². The van der Waals surface area contributed by atoms with Crippen molar-refractivity contribution in [1.82, 2.24) is 15.1 Å². The number of nitro benzene ring substituents is 1. The largest absolute Gasteiger partial charge is 0.493 e. The summed E-state index contributed by atoms with van der Waals surface area (Å²) >= 11 is 0. The van der Waals surface area contributed by atoms with Gasteiger partial charge in [0.25, 0.3) is 5.69 Å².